The van der Waals surface area contributed by atoms with Gasteiger partial charge in [0, 0.05) is 0 Å². The fraction of sp³-hybridized carbons (Fsp3) is 0.167. The van der Waals surface area contributed by atoms with Crippen LogP contribution in [-0.2, 0) is 14.6 Å². The maximum absolute atomic E-state index is 12.8. The summed E-state index contributed by atoms with van der Waals surface area (Å²) < 4.78 is 24.3. The number of sulfone groups is 1. The average Bonchev–Trinajstić information content (AvgIpc) is 2.80. The number of benzene rings is 3. The molecule has 0 aliphatic heterocycles. The summed E-state index contributed by atoms with van der Waals surface area (Å²) in [6.07, 6.45) is -0.162. The Labute approximate surface area is 197 Å². The van der Waals surface area contributed by atoms with Crippen LogP contribution in [0.5, 0.6) is 5.75 Å². The summed E-state index contributed by atoms with van der Waals surface area (Å²) in [7, 11) is -3.52. The second-order valence-corrected chi connectivity index (χ2v) is 9.94. The van der Waals surface area contributed by atoms with Gasteiger partial charge in [-0.2, -0.15) is 0 Å². The highest BCUT2D eigenvalue weighted by Gasteiger charge is 2.22. The minimum Gasteiger partial charge on any atom is -0.506 e. The number of hydrogen-bond acceptors (Lipinski definition) is 5. The molecule has 3 rings (SSSR count). The zero-order valence-electron chi connectivity index (χ0n) is 17.8. The largest absolute Gasteiger partial charge is 0.506 e. The van der Waals surface area contributed by atoms with Crippen LogP contribution >= 0.6 is 11.6 Å². The van der Waals surface area contributed by atoms with Gasteiger partial charge in [0.15, 0.2) is 9.84 Å². The Kier molecular flexibility index (Phi) is 7.73. The van der Waals surface area contributed by atoms with Crippen molar-refractivity contribution in [1.82, 2.24) is 5.32 Å². The van der Waals surface area contributed by atoms with Gasteiger partial charge in [-0.3, -0.25) is 9.59 Å². The molecule has 3 aromatic rings. The molecule has 0 bridgehead atoms. The van der Waals surface area contributed by atoms with Gasteiger partial charge in [0.25, 0.3) is 5.91 Å². The number of carbonyl (C=O) groups excluding carboxylic acids is 2. The SMILES string of the molecule is CCS(=O)(=O)c1ccc(O)c(NC(=O)CC(NC(=O)c2ccccc2Cl)c2ccccc2)c1. The Morgan fingerprint density at radius 1 is 1.00 bits per heavy atom. The number of rotatable bonds is 8. The van der Waals surface area contributed by atoms with Gasteiger partial charge in [-0.1, -0.05) is 61.0 Å². The first-order valence-electron chi connectivity index (χ1n) is 10.2. The van der Waals surface area contributed by atoms with Gasteiger partial charge in [0.1, 0.15) is 5.75 Å². The van der Waals surface area contributed by atoms with E-state index in [4.69, 9.17) is 11.6 Å². The number of phenolic OH excluding ortho intramolecular Hbond substituents is 1. The number of carbonyl (C=O) groups is 2. The third-order valence-corrected chi connectivity index (χ3v) is 7.06. The van der Waals surface area contributed by atoms with E-state index in [1.54, 1.807) is 48.5 Å². The van der Waals surface area contributed by atoms with Crippen LogP contribution in [0.4, 0.5) is 5.69 Å². The zero-order chi connectivity index (χ0) is 24.0. The van der Waals surface area contributed by atoms with Gasteiger partial charge in [-0.25, -0.2) is 8.42 Å². The number of nitrogens with one attached hydrogen (secondary N) is 2. The summed E-state index contributed by atoms with van der Waals surface area (Å²) in [6, 6.07) is 18.5. The number of phenols is 1. The average molecular weight is 487 g/mol. The van der Waals surface area contributed by atoms with Crippen LogP contribution in [-0.4, -0.2) is 31.1 Å². The molecule has 9 heteroatoms. The smallest absolute Gasteiger partial charge is 0.253 e. The molecule has 0 fully saturated rings. The van der Waals surface area contributed by atoms with Crippen LogP contribution in [0.1, 0.15) is 35.3 Å². The lowest BCUT2D eigenvalue weighted by Gasteiger charge is -2.20. The van der Waals surface area contributed by atoms with Crippen molar-refractivity contribution in [2.24, 2.45) is 0 Å². The van der Waals surface area contributed by atoms with Crippen LogP contribution in [0.25, 0.3) is 0 Å². The summed E-state index contributed by atoms with van der Waals surface area (Å²) in [6.45, 7) is 1.51. The first kappa shape index (κ1) is 24.3. The molecule has 2 amide bonds. The van der Waals surface area contributed by atoms with Crippen molar-refractivity contribution < 1.29 is 23.1 Å². The fourth-order valence-corrected chi connectivity index (χ4v) is 4.31. The topological polar surface area (TPSA) is 113 Å². The van der Waals surface area contributed by atoms with Crippen LogP contribution in [0, 0.1) is 0 Å². The van der Waals surface area contributed by atoms with Crippen molar-refractivity contribution in [2.45, 2.75) is 24.3 Å². The zero-order valence-corrected chi connectivity index (χ0v) is 19.4. The lowest BCUT2D eigenvalue weighted by atomic mass is 10.0. The molecule has 0 aliphatic carbocycles. The van der Waals surface area contributed by atoms with Crippen molar-refractivity contribution in [1.29, 1.82) is 0 Å². The molecule has 0 aromatic heterocycles. The fourth-order valence-electron chi connectivity index (χ4n) is 3.18. The van der Waals surface area contributed by atoms with Gasteiger partial charge in [-0.15, -0.1) is 0 Å². The molecule has 0 heterocycles. The van der Waals surface area contributed by atoms with E-state index in [2.05, 4.69) is 10.6 Å². The molecule has 0 aliphatic rings. The predicted molar refractivity (Wildman–Crippen MR) is 127 cm³/mol. The standard InChI is InChI=1S/C24H23ClN2O5S/c1-2-33(31,32)17-12-13-22(28)21(14-17)26-23(29)15-20(16-8-4-3-5-9-16)27-24(30)18-10-6-7-11-19(18)25/h3-14,20,28H,2,15H2,1H3,(H,26,29)(H,27,30). The highest BCUT2D eigenvalue weighted by atomic mass is 35.5. The van der Waals surface area contributed by atoms with E-state index >= 15 is 0 Å². The van der Waals surface area contributed by atoms with Gasteiger partial charge in [0.2, 0.25) is 5.91 Å². The normalized spacial score (nSPS) is 12.1. The molecule has 3 N–H and O–H groups in total. The maximum atomic E-state index is 12.8. The molecule has 0 radical (unpaired) electrons. The molecule has 7 nitrogen and oxygen atoms in total. The van der Waals surface area contributed by atoms with Gasteiger partial charge in [-0.05, 0) is 35.9 Å². The van der Waals surface area contributed by atoms with Crippen molar-refractivity contribution in [3.63, 3.8) is 0 Å². The summed E-state index contributed by atoms with van der Waals surface area (Å²) in [5.74, 6) is -1.35. The molecule has 0 spiro atoms. The van der Waals surface area contributed by atoms with Gasteiger partial charge in [0.05, 0.1) is 39.4 Å². The van der Waals surface area contributed by atoms with Crippen LogP contribution < -0.4 is 10.6 Å². The Morgan fingerprint density at radius 3 is 2.33 bits per heavy atom. The van der Waals surface area contributed by atoms with E-state index in [0.29, 0.717) is 5.56 Å². The van der Waals surface area contributed by atoms with Crippen molar-refractivity contribution in [3.8, 4) is 5.75 Å². The molecule has 172 valence electrons. The van der Waals surface area contributed by atoms with E-state index in [9.17, 15) is 23.1 Å². The Bertz CT molecular complexity index is 1260. The molecule has 33 heavy (non-hydrogen) atoms. The predicted octanol–water partition coefficient (Wildman–Crippen LogP) is 4.34. The molecule has 1 unspecified atom stereocenters. The van der Waals surface area contributed by atoms with Crippen molar-refractivity contribution >= 4 is 38.9 Å². The number of hydrogen-bond donors (Lipinski definition) is 3. The quantitative estimate of drug-likeness (QED) is 0.410. The summed E-state index contributed by atoms with van der Waals surface area (Å²) in [4.78, 5) is 25.6. The highest BCUT2D eigenvalue weighted by Crippen LogP contribution is 2.28. The molecule has 0 saturated carbocycles. The molecule has 1 atom stereocenters. The number of anilines is 1. The van der Waals surface area contributed by atoms with E-state index in [-0.39, 0.29) is 39.1 Å². The first-order valence-corrected chi connectivity index (χ1v) is 12.2. The van der Waals surface area contributed by atoms with Gasteiger partial charge < -0.3 is 15.7 Å². The van der Waals surface area contributed by atoms with Gasteiger partial charge >= 0.3 is 0 Å². The summed E-state index contributed by atoms with van der Waals surface area (Å²) in [5, 5.41) is 15.8. The summed E-state index contributed by atoms with van der Waals surface area (Å²) in [5.41, 5.74) is 0.939. The Morgan fingerprint density at radius 2 is 1.67 bits per heavy atom. The monoisotopic (exact) mass is 486 g/mol. The second kappa shape index (κ2) is 10.5. The van der Waals surface area contributed by atoms with E-state index in [1.807, 2.05) is 6.07 Å². The Balaban J connectivity index is 1.82. The van der Waals surface area contributed by atoms with Crippen molar-refractivity contribution in [3.05, 3.63) is 88.9 Å². The first-order chi connectivity index (χ1) is 15.7. The lowest BCUT2D eigenvalue weighted by molar-refractivity contribution is -0.116. The summed E-state index contributed by atoms with van der Waals surface area (Å²) >= 11 is 6.13. The Hall–Kier alpha value is -3.36. The van der Waals surface area contributed by atoms with Crippen molar-refractivity contribution in [2.75, 3.05) is 11.1 Å². The minimum absolute atomic E-state index is 0.00951. The molecular weight excluding hydrogens is 464 g/mol. The van der Waals surface area contributed by atoms with Crippen LogP contribution in [0.3, 0.4) is 0 Å². The van der Waals surface area contributed by atoms with Crippen LogP contribution in [0.2, 0.25) is 5.02 Å². The molecule has 3 aromatic carbocycles. The van der Waals surface area contributed by atoms with E-state index < -0.39 is 27.7 Å². The second-order valence-electron chi connectivity index (χ2n) is 7.25. The van der Waals surface area contributed by atoms with Crippen LogP contribution in [0.15, 0.2) is 77.7 Å². The minimum atomic E-state index is -3.52. The molecule has 0 saturated heterocycles. The number of aromatic hydroxyl groups is 1. The third kappa shape index (κ3) is 6.12. The van der Waals surface area contributed by atoms with E-state index in [0.717, 1.165) is 0 Å². The molecular formula is C24H23ClN2O5S. The number of amides is 2. The highest BCUT2D eigenvalue weighted by molar-refractivity contribution is 7.91. The maximum Gasteiger partial charge on any atom is 0.253 e. The third-order valence-electron chi connectivity index (χ3n) is 5.00. The van der Waals surface area contributed by atoms with E-state index in [1.165, 1.54) is 25.1 Å². The lowest BCUT2D eigenvalue weighted by Crippen LogP contribution is -2.31. The number of halogens is 1.